The minimum absolute atomic E-state index is 0.0754. The molecule has 1 aromatic rings. The van der Waals surface area contributed by atoms with Crippen LogP contribution >= 0.6 is 0 Å². The molecule has 2 fully saturated rings. The van der Waals surface area contributed by atoms with Gasteiger partial charge in [-0.2, -0.15) is 0 Å². The second-order valence-electron chi connectivity index (χ2n) is 9.85. The zero-order valence-electron chi connectivity index (χ0n) is 18.2. The Balaban J connectivity index is 1.64. The maximum atomic E-state index is 12.7. The minimum Gasteiger partial charge on any atom is -0.481 e. The molecule has 10 nitrogen and oxygen atoms in total. The van der Waals surface area contributed by atoms with Crippen LogP contribution in [0.3, 0.4) is 0 Å². The van der Waals surface area contributed by atoms with E-state index in [1.165, 1.54) is 16.8 Å². The number of aliphatic carboxylic acids is 1. The van der Waals surface area contributed by atoms with E-state index in [0.717, 1.165) is 0 Å². The molecule has 0 unspecified atom stereocenters. The molecule has 0 bridgehead atoms. The summed E-state index contributed by atoms with van der Waals surface area (Å²) in [5, 5.41) is 20.2. The molecule has 3 heterocycles. The second-order valence-corrected chi connectivity index (χ2v) is 9.85. The number of nitrogens with one attached hydrogen (secondary N) is 1. The number of carboxylic acids is 1. The van der Waals surface area contributed by atoms with Gasteiger partial charge in [0.2, 0.25) is 5.91 Å². The smallest absolute Gasteiger partial charge is 0.328 e. The second kappa shape index (κ2) is 8.23. The van der Waals surface area contributed by atoms with E-state index in [4.69, 9.17) is 9.84 Å². The van der Waals surface area contributed by atoms with Gasteiger partial charge in [-0.05, 0) is 25.2 Å². The van der Waals surface area contributed by atoms with E-state index in [2.05, 4.69) is 4.98 Å². The van der Waals surface area contributed by atoms with Crippen LogP contribution in [0, 0.1) is 5.41 Å². The Kier molecular flexibility index (Phi) is 6.16. The van der Waals surface area contributed by atoms with Crippen LogP contribution in [0.15, 0.2) is 21.9 Å². The number of ether oxygens (including phenoxy) is 1. The molecule has 2 aliphatic heterocycles. The molecule has 2 saturated heterocycles. The highest BCUT2D eigenvalue weighted by Gasteiger charge is 2.50. The van der Waals surface area contributed by atoms with Gasteiger partial charge in [-0.1, -0.05) is 13.8 Å². The van der Waals surface area contributed by atoms with Gasteiger partial charge in [0.15, 0.2) is 0 Å². The molecule has 172 valence electrons. The van der Waals surface area contributed by atoms with Crippen molar-refractivity contribution in [3.05, 3.63) is 33.1 Å². The van der Waals surface area contributed by atoms with Crippen LogP contribution < -0.4 is 11.2 Å². The average molecular weight is 437 g/mol. The molecule has 0 aromatic carbocycles. The van der Waals surface area contributed by atoms with Crippen molar-refractivity contribution in [3.8, 4) is 0 Å². The third-order valence-electron chi connectivity index (χ3n) is 6.42. The van der Waals surface area contributed by atoms with Crippen molar-refractivity contribution in [1.29, 1.82) is 0 Å². The van der Waals surface area contributed by atoms with E-state index in [-0.39, 0.29) is 25.4 Å². The normalized spacial score (nSPS) is 26.1. The number of aromatic nitrogens is 2. The first-order valence-electron chi connectivity index (χ1n) is 10.5. The number of likely N-dealkylation sites (tertiary alicyclic amines) is 1. The molecule has 3 N–H and O–H groups in total. The minimum atomic E-state index is -1.24. The zero-order valence-corrected chi connectivity index (χ0v) is 18.2. The van der Waals surface area contributed by atoms with Crippen molar-refractivity contribution in [3.63, 3.8) is 0 Å². The molecule has 10 heteroatoms. The summed E-state index contributed by atoms with van der Waals surface area (Å²) in [7, 11) is 0. The van der Waals surface area contributed by atoms with E-state index in [9.17, 15) is 24.3 Å². The molecule has 0 aliphatic carbocycles. The van der Waals surface area contributed by atoms with Crippen LogP contribution in [0.4, 0.5) is 0 Å². The van der Waals surface area contributed by atoms with Crippen molar-refractivity contribution in [2.45, 2.75) is 70.1 Å². The fraction of sp³-hybridized carbons (Fsp3) is 0.714. The highest BCUT2D eigenvalue weighted by molar-refractivity contribution is 5.78. The first-order chi connectivity index (χ1) is 14.3. The summed E-state index contributed by atoms with van der Waals surface area (Å²) in [6.07, 6.45) is 2.82. The number of H-pyrrole nitrogens is 1. The van der Waals surface area contributed by atoms with Crippen LogP contribution in [-0.2, 0) is 14.3 Å². The maximum absolute atomic E-state index is 12.7. The predicted octanol–water partition coefficient (Wildman–Crippen LogP) is 0.501. The monoisotopic (exact) mass is 437 g/mol. The van der Waals surface area contributed by atoms with Crippen molar-refractivity contribution < 1.29 is 24.5 Å². The molecule has 2 atom stereocenters. The van der Waals surface area contributed by atoms with Crippen molar-refractivity contribution in [2.75, 3.05) is 19.7 Å². The summed E-state index contributed by atoms with van der Waals surface area (Å²) in [5.41, 5.74) is -3.56. The number of aromatic amines is 1. The summed E-state index contributed by atoms with van der Waals surface area (Å²) in [5.74, 6) is -1.01. The Morgan fingerprint density at radius 1 is 1.26 bits per heavy atom. The number of nitrogens with zero attached hydrogens (tertiary/aromatic N) is 2. The Bertz CT molecular complexity index is 954. The number of carbonyl (C=O) groups excluding carboxylic acids is 1. The van der Waals surface area contributed by atoms with E-state index in [0.29, 0.717) is 32.4 Å². The van der Waals surface area contributed by atoms with Gasteiger partial charge in [-0.25, -0.2) is 4.79 Å². The van der Waals surface area contributed by atoms with Gasteiger partial charge < -0.3 is 19.8 Å². The van der Waals surface area contributed by atoms with Gasteiger partial charge in [0.05, 0.1) is 30.3 Å². The van der Waals surface area contributed by atoms with Gasteiger partial charge in [-0.15, -0.1) is 0 Å². The third-order valence-corrected chi connectivity index (χ3v) is 6.42. The molecule has 1 spiro atoms. The lowest BCUT2D eigenvalue weighted by atomic mass is 9.75. The van der Waals surface area contributed by atoms with E-state index in [1.807, 2.05) is 0 Å². The van der Waals surface area contributed by atoms with Gasteiger partial charge >= 0.3 is 11.7 Å². The number of rotatable bonds is 5. The zero-order chi connectivity index (χ0) is 23.0. The molecule has 3 rings (SSSR count). The predicted molar refractivity (Wildman–Crippen MR) is 111 cm³/mol. The summed E-state index contributed by atoms with van der Waals surface area (Å²) < 4.78 is 7.44. The molecule has 0 radical (unpaired) electrons. The number of aliphatic hydroxyl groups is 1. The molecule has 0 saturated carbocycles. The van der Waals surface area contributed by atoms with Crippen LogP contribution in [-0.4, -0.2) is 67.4 Å². The number of amides is 1. The highest BCUT2D eigenvalue weighted by Crippen LogP contribution is 2.43. The lowest BCUT2D eigenvalue weighted by molar-refractivity contribution is -0.198. The fourth-order valence-electron chi connectivity index (χ4n) is 4.79. The highest BCUT2D eigenvalue weighted by atomic mass is 16.5. The summed E-state index contributed by atoms with van der Waals surface area (Å²) in [6.45, 7) is 6.22. The number of hydrogen-bond donors (Lipinski definition) is 3. The van der Waals surface area contributed by atoms with Gasteiger partial charge in [0.1, 0.15) is 0 Å². The summed E-state index contributed by atoms with van der Waals surface area (Å²) >= 11 is 0. The quantitative estimate of drug-likeness (QED) is 0.609. The average Bonchev–Trinajstić information content (AvgIpc) is 2.61. The van der Waals surface area contributed by atoms with E-state index in [1.54, 1.807) is 25.7 Å². The summed E-state index contributed by atoms with van der Waals surface area (Å²) in [6, 6.07) is 0.594. The topological polar surface area (TPSA) is 142 Å². The molecular formula is C21H31N3O7. The lowest BCUT2D eigenvalue weighted by Crippen LogP contribution is -2.59. The number of piperidine rings is 1. The van der Waals surface area contributed by atoms with Crippen LogP contribution in [0.25, 0.3) is 0 Å². The third kappa shape index (κ3) is 5.24. The van der Waals surface area contributed by atoms with Gasteiger partial charge in [0.25, 0.3) is 5.56 Å². The SMILES string of the molecule is CC(C)(CC(=O)O)CC(=O)N1CCC2(CC1)C[C@](C)(O)[C@@H](n1ccc(=O)[nH]c1=O)CO2. The first-order valence-corrected chi connectivity index (χ1v) is 10.5. The molecule has 2 aliphatic rings. The maximum Gasteiger partial charge on any atom is 0.328 e. The van der Waals surface area contributed by atoms with E-state index < -0.39 is 39.9 Å². The van der Waals surface area contributed by atoms with Crippen LogP contribution in [0.5, 0.6) is 0 Å². The van der Waals surface area contributed by atoms with Crippen molar-refractivity contribution in [2.24, 2.45) is 5.41 Å². The Morgan fingerprint density at radius 2 is 1.90 bits per heavy atom. The standard InChI is InChI=1S/C21H31N3O7/c1-19(2,11-17(27)28)10-16(26)23-8-5-21(6-9-23)13-20(3,30)14(12-31-21)24-7-4-15(25)22-18(24)29/h4,7,14,30H,5-6,8-13H2,1-3H3,(H,27,28)(H,22,25,29)/t14-,20-/m0/s1. The summed E-state index contributed by atoms with van der Waals surface area (Å²) in [4.78, 5) is 51.1. The molecular weight excluding hydrogens is 406 g/mol. The molecule has 31 heavy (non-hydrogen) atoms. The van der Waals surface area contributed by atoms with Crippen LogP contribution in [0.2, 0.25) is 0 Å². The Hall–Kier alpha value is -2.46. The molecule has 1 aromatic heterocycles. The van der Waals surface area contributed by atoms with Crippen LogP contribution in [0.1, 0.15) is 58.9 Å². The Morgan fingerprint density at radius 3 is 2.45 bits per heavy atom. The van der Waals surface area contributed by atoms with Crippen molar-refractivity contribution in [1.82, 2.24) is 14.5 Å². The number of carbonyl (C=O) groups is 2. The number of carboxylic acid groups (broad SMARTS) is 1. The largest absolute Gasteiger partial charge is 0.481 e. The first kappa shape index (κ1) is 23.2. The lowest BCUT2D eigenvalue weighted by Gasteiger charge is -2.51. The Labute approximate surface area is 179 Å². The van der Waals surface area contributed by atoms with E-state index >= 15 is 0 Å². The fourth-order valence-corrected chi connectivity index (χ4v) is 4.79. The van der Waals surface area contributed by atoms with Gasteiger partial charge in [-0.3, -0.25) is 23.9 Å². The number of hydrogen-bond acceptors (Lipinski definition) is 6. The van der Waals surface area contributed by atoms with Crippen molar-refractivity contribution >= 4 is 11.9 Å². The van der Waals surface area contributed by atoms with Gasteiger partial charge in [0, 0.05) is 38.2 Å². The molecule has 1 amide bonds.